The third kappa shape index (κ3) is 1.95. The molecule has 1 N–H and O–H groups in total. The maximum absolute atomic E-state index is 11.1. The van der Waals surface area contributed by atoms with Gasteiger partial charge in [0.1, 0.15) is 0 Å². The van der Waals surface area contributed by atoms with E-state index in [1.807, 2.05) is 0 Å². The summed E-state index contributed by atoms with van der Waals surface area (Å²) in [5, 5.41) is 9.36. The number of carbonyl (C=O) groups is 1. The van der Waals surface area contributed by atoms with Crippen LogP contribution in [0.15, 0.2) is 11.1 Å². The largest absolute Gasteiger partial charge is 0.393 e. The van der Waals surface area contributed by atoms with Crippen LogP contribution < -0.4 is 0 Å². The topological polar surface area (TPSA) is 37.3 Å². The Morgan fingerprint density at radius 2 is 2.33 bits per heavy atom. The molecule has 0 amide bonds. The Morgan fingerprint density at radius 3 is 2.83 bits per heavy atom. The van der Waals surface area contributed by atoms with E-state index in [0.717, 1.165) is 24.8 Å². The van der Waals surface area contributed by atoms with Crippen LogP contribution in [0.4, 0.5) is 0 Å². The Balaban J connectivity index is 2.84. The molecule has 0 spiro atoms. The maximum atomic E-state index is 11.1. The van der Waals surface area contributed by atoms with Gasteiger partial charge in [-0.05, 0) is 31.8 Å². The highest BCUT2D eigenvalue weighted by Gasteiger charge is 2.20. The first kappa shape index (κ1) is 9.46. The highest BCUT2D eigenvalue weighted by molar-refractivity contribution is 5.94. The van der Waals surface area contributed by atoms with Crippen molar-refractivity contribution >= 4 is 5.78 Å². The molecule has 0 aromatic carbocycles. The van der Waals surface area contributed by atoms with Crippen LogP contribution in [0, 0.1) is 0 Å². The van der Waals surface area contributed by atoms with Crippen LogP contribution in [0.25, 0.3) is 0 Å². The summed E-state index contributed by atoms with van der Waals surface area (Å²) in [4.78, 5) is 11.1. The highest BCUT2D eigenvalue weighted by Crippen LogP contribution is 2.27. The average molecular weight is 168 g/mol. The molecule has 2 nitrogen and oxygen atoms in total. The molecular formula is C10H16O2. The fourth-order valence-electron chi connectivity index (χ4n) is 1.76. The van der Waals surface area contributed by atoms with Gasteiger partial charge in [0.25, 0.3) is 0 Å². The van der Waals surface area contributed by atoms with E-state index in [2.05, 4.69) is 6.92 Å². The van der Waals surface area contributed by atoms with E-state index < -0.39 is 0 Å². The first-order valence-corrected chi connectivity index (χ1v) is 4.55. The van der Waals surface area contributed by atoms with Crippen molar-refractivity contribution in [2.45, 2.75) is 45.6 Å². The number of carbonyl (C=O) groups excluding carboxylic acids is 1. The van der Waals surface area contributed by atoms with Crippen LogP contribution in [0.1, 0.15) is 39.5 Å². The molecule has 0 unspecified atom stereocenters. The molecule has 0 aliphatic heterocycles. The van der Waals surface area contributed by atoms with Crippen molar-refractivity contribution in [3.05, 3.63) is 11.1 Å². The first-order chi connectivity index (χ1) is 5.65. The van der Waals surface area contributed by atoms with Gasteiger partial charge in [0.2, 0.25) is 0 Å². The predicted molar refractivity (Wildman–Crippen MR) is 47.9 cm³/mol. The van der Waals surface area contributed by atoms with E-state index in [1.165, 1.54) is 5.57 Å². The summed E-state index contributed by atoms with van der Waals surface area (Å²) in [7, 11) is 0. The lowest BCUT2D eigenvalue weighted by Gasteiger charge is -2.21. The number of rotatable bonds is 2. The fraction of sp³-hybridized carbons (Fsp3) is 0.700. The minimum Gasteiger partial charge on any atom is -0.393 e. The number of hydrogen-bond donors (Lipinski definition) is 1. The lowest BCUT2D eigenvalue weighted by Crippen LogP contribution is -2.18. The summed E-state index contributed by atoms with van der Waals surface area (Å²) < 4.78 is 0. The zero-order valence-electron chi connectivity index (χ0n) is 7.76. The Kier molecular flexibility index (Phi) is 3.04. The molecule has 0 aromatic heterocycles. The van der Waals surface area contributed by atoms with Crippen molar-refractivity contribution in [2.24, 2.45) is 0 Å². The molecule has 0 saturated carbocycles. The molecule has 0 radical (unpaired) electrons. The zero-order valence-corrected chi connectivity index (χ0v) is 7.76. The highest BCUT2D eigenvalue weighted by atomic mass is 16.3. The molecule has 68 valence electrons. The Morgan fingerprint density at radius 1 is 1.67 bits per heavy atom. The second-order valence-corrected chi connectivity index (χ2v) is 3.39. The van der Waals surface area contributed by atoms with Crippen molar-refractivity contribution in [2.75, 3.05) is 0 Å². The van der Waals surface area contributed by atoms with Gasteiger partial charge in [0.15, 0.2) is 5.78 Å². The third-order valence-corrected chi connectivity index (χ3v) is 2.50. The van der Waals surface area contributed by atoms with Gasteiger partial charge < -0.3 is 5.11 Å². The number of Topliss-reactive ketones (excluding diaryl/α,β-unsaturated/α-hetero) is 1. The summed E-state index contributed by atoms with van der Waals surface area (Å²) in [6.45, 7) is 3.65. The van der Waals surface area contributed by atoms with Gasteiger partial charge in [-0.15, -0.1) is 0 Å². The molecule has 0 bridgehead atoms. The smallest absolute Gasteiger partial charge is 0.155 e. The third-order valence-electron chi connectivity index (χ3n) is 2.50. The molecule has 1 aliphatic carbocycles. The number of allylic oxidation sites excluding steroid dienone is 1. The monoisotopic (exact) mass is 168 g/mol. The first-order valence-electron chi connectivity index (χ1n) is 4.55. The SMILES string of the molecule is CCC1=C(C(C)=O)C[C@@H](O)CC1. The lowest BCUT2D eigenvalue weighted by atomic mass is 9.87. The maximum Gasteiger partial charge on any atom is 0.155 e. The Hall–Kier alpha value is -0.630. The van der Waals surface area contributed by atoms with Crippen molar-refractivity contribution < 1.29 is 9.90 Å². The van der Waals surface area contributed by atoms with E-state index in [-0.39, 0.29) is 11.9 Å². The van der Waals surface area contributed by atoms with Crippen LogP contribution >= 0.6 is 0 Å². The molecule has 1 atom stereocenters. The van der Waals surface area contributed by atoms with Gasteiger partial charge in [-0.3, -0.25) is 4.79 Å². The Labute approximate surface area is 73.3 Å². The van der Waals surface area contributed by atoms with Crippen LogP contribution in [-0.2, 0) is 4.79 Å². The minimum atomic E-state index is -0.292. The quantitative estimate of drug-likeness (QED) is 0.683. The van der Waals surface area contributed by atoms with Crippen molar-refractivity contribution in [3.8, 4) is 0 Å². The van der Waals surface area contributed by atoms with E-state index in [4.69, 9.17) is 0 Å². The summed E-state index contributed by atoms with van der Waals surface area (Å²) in [6, 6.07) is 0. The van der Waals surface area contributed by atoms with Gasteiger partial charge in [0, 0.05) is 6.42 Å². The number of hydrogen-bond acceptors (Lipinski definition) is 2. The summed E-state index contributed by atoms with van der Waals surface area (Å²) in [5.41, 5.74) is 2.11. The van der Waals surface area contributed by atoms with Crippen LogP contribution in [0.3, 0.4) is 0 Å². The lowest BCUT2D eigenvalue weighted by molar-refractivity contribution is -0.114. The number of ketones is 1. The van der Waals surface area contributed by atoms with Gasteiger partial charge in [-0.1, -0.05) is 12.5 Å². The predicted octanol–water partition coefficient (Wildman–Crippen LogP) is 1.83. The average Bonchev–Trinajstić information content (AvgIpc) is 2.04. The van der Waals surface area contributed by atoms with Crippen molar-refractivity contribution in [3.63, 3.8) is 0 Å². The summed E-state index contributed by atoms with van der Waals surface area (Å²) >= 11 is 0. The van der Waals surface area contributed by atoms with E-state index in [0.29, 0.717) is 6.42 Å². The molecule has 0 saturated heterocycles. The normalized spacial score (nSPS) is 24.4. The minimum absolute atomic E-state index is 0.130. The van der Waals surface area contributed by atoms with E-state index in [1.54, 1.807) is 6.92 Å². The van der Waals surface area contributed by atoms with E-state index >= 15 is 0 Å². The number of aliphatic hydroxyl groups excluding tert-OH is 1. The van der Waals surface area contributed by atoms with Gasteiger partial charge >= 0.3 is 0 Å². The van der Waals surface area contributed by atoms with Crippen LogP contribution in [0.5, 0.6) is 0 Å². The van der Waals surface area contributed by atoms with E-state index in [9.17, 15) is 9.90 Å². The fourth-order valence-corrected chi connectivity index (χ4v) is 1.76. The molecule has 0 fully saturated rings. The summed E-state index contributed by atoms with van der Waals surface area (Å²) in [6.07, 6.45) is 2.94. The van der Waals surface area contributed by atoms with Gasteiger partial charge in [0.05, 0.1) is 6.10 Å². The molecule has 0 heterocycles. The molecule has 0 aromatic rings. The molecular weight excluding hydrogens is 152 g/mol. The van der Waals surface area contributed by atoms with Crippen LogP contribution in [-0.4, -0.2) is 17.0 Å². The standard InChI is InChI=1S/C10H16O2/c1-3-8-4-5-9(12)6-10(8)7(2)11/h9,12H,3-6H2,1-2H3/t9-/m0/s1. The van der Waals surface area contributed by atoms with Gasteiger partial charge in [-0.25, -0.2) is 0 Å². The molecule has 12 heavy (non-hydrogen) atoms. The van der Waals surface area contributed by atoms with Crippen molar-refractivity contribution in [1.82, 2.24) is 0 Å². The second kappa shape index (κ2) is 3.85. The van der Waals surface area contributed by atoms with Crippen LogP contribution in [0.2, 0.25) is 0 Å². The second-order valence-electron chi connectivity index (χ2n) is 3.39. The Bertz CT molecular complexity index is 216. The summed E-state index contributed by atoms with van der Waals surface area (Å²) in [5.74, 6) is 0.130. The molecule has 1 rings (SSSR count). The molecule has 1 aliphatic rings. The molecule has 2 heteroatoms. The zero-order chi connectivity index (χ0) is 9.14. The van der Waals surface area contributed by atoms with Crippen molar-refractivity contribution in [1.29, 1.82) is 0 Å². The van der Waals surface area contributed by atoms with Gasteiger partial charge in [-0.2, -0.15) is 0 Å². The number of aliphatic hydroxyl groups is 1.